The number of fused-ring (bicyclic) bond motifs is 16. The monoisotopic (exact) mass is 326 g/mol. The van der Waals surface area contributed by atoms with E-state index in [1.165, 1.54) is 41.2 Å². The summed E-state index contributed by atoms with van der Waals surface area (Å²) in [4.78, 5) is 11.9. The first-order valence-corrected chi connectivity index (χ1v) is 10.0. The van der Waals surface area contributed by atoms with Crippen molar-refractivity contribution in [3.05, 3.63) is 59.2 Å². The normalized spacial score (nSPS) is 44.3. The van der Waals surface area contributed by atoms with E-state index < -0.39 is 0 Å². The number of carbonyl (C=O) groups excluding carboxylic acids is 1. The molecule has 3 saturated carbocycles. The Morgan fingerprint density at radius 2 is 1.72 bits per heavy atom. The molecule has 5 aliphatic rings. The minimum absolute atomic E-state index is 0.666. The second-order valence-electron chi connectivity index (χ2n) is 9.26. The van der Waals surface area contributed by atoms with E-state index in [2.05, 4.69) is 42.5 Å². The first-order valence-electron chi connectivity index (χ1n) is 10.0. The van der Waals surface area contributed by atoms with Gasteiger partial charge in [0, 0.05) is 5.56 Å². The Morgan fingerprint density at radius 3 is 2.56 bits per heavy atom. The van der Waals surface area contributed by atoms with Crippen molar-refractivity contribution < 1.29 is 4.79 Å². The molecule has 1 heteroatoms. The zero-order chi connectivity index (χ0) is 16.3. The van der Waals surface area contributed by atoms with Crippen LogP contribution in [0.3, 0.4) is 0 Å². The lowest BCUT2D eigenvalue weighted by Gasteiger charge is -2.39. The van der Waals surface area contributed by atoms with E-state index in [0.717, 1.165) is 53.3 Å². The van der Waals surface area contributed by atoms with E-state index in [4.69, 9.17) is 0 Å². The Hall–Kier alpha value is -1.89. The minimum Gasteiger partial charge on any atom is -0.298 e. The minimum atomic E-state index is 0.666. The molecule has 8 atom stereocenters. The summed E-state index contributed by atoms with van der Waals surface area (Å²) in [6.45, 7) is 0. The van der Waals surface area contributed by atoms with Crippen LogP contribution in [0.15, 0.2) is 42.5 Å². The molecule has 5 aliphatic carbocycles. The van der Waals surface area contributed by atoms with Crippen molar-refractivity contribution >= 4 is 17.1 Å². The van der Waals surface area contributed by atoms with Crippen LogP contribution in [0.5, 0.6) is 0 Å². The molecule has 0 aromatic heterocycles. The predicted octanol–water partition coefficient (Wildman–Crippen LogP) is 5.00. The van der Waals surface area contributed by atoms with Gasteiger partial charge in [0.2, 0.25) is 0 Å². The van der Waals surface area contributed by atoms with Gasteiger partial charge < -0.3 is 0 Å². The highest BCUT2D eigenvalue weighted by Crippen LogP contribution is 2.73. The summed E-state index contributed by atoms with van der Waals surface area (Å²) in [6, 6.07) is 10.9. The summed E-state index contributed by atoms with van der Waals surface area (Å²) in [5.74, 6) is 6.80. The number of hydrogen-bond donors (Lipinski definition) is 0. The summed E-state index contributed by atoms with van der Waals surface area (Å²) >= 11 is 0. The number of allylic oxidation sites excluding steroid dienone is 2. The molecule has 0 aliphatic heterocycles. The molecule has 0 saturated heterocycles. The van der Waals surface area contributed by atoms with E-state index >= 15 is 0 Å². The standard InChI is InChI=1S/C24H22O/c25-11-15-7-12-3-1-2-4-16(12)17-9-19-18-10-20(24(19)23(15)17)22-14-6-5-13(8-14)21(18)22/h1-7,11,13-14,18-22,24H,8-10H2. The Bertz CT molecular complexity index is 969. The topological polar surface area (TPSA) is 17.1 Å². The molecule has 4 bridgehead atoms. The van der Waals surface area contributed by atoms with Gasteiger partial charge in [0.25, 0.3) is 0 Å². The third-order valence-electron chi connectivity index (χ3n) is 8.72. The molecule has 0 radical (unpaired) electrons. The van der Waals surface area contributed by atoms with Gasteiger partial charge in [-0.25, -0.2) is 0 Å². The van der Waals surface area contributed by atoms with Crippen molar-refractivity contribution in [3.8, 4) is 0 Å². The van der Waals surface area contributed by atoms with Crippen LogP contribution in [0.1, 0.15) is 40.2 Å². The molecule has 8 unspecified atom stereocenters. The van der Waals surface area contributed by atoms with Gasteiger partial charge in [-0.15, -0.1) is 0 Å². The Kier molecular flexibility index (Phi) is 2.27. The average molecular weight is 326 g/mol. The lowest BCUT2D eigenvalue weighted by molar-refractivity contribution is 0.111. The summed E-state index contributed by atoms with van der Waals surface area (Å²) in [5.41, 5.74) is 3.96. The second-order valence-corrected chi connectivity index (χ2v) is 9.26. The number of aldehydes is 1. The lowest BCUT2D eigenvalue weighted by Crippen LogP contribution is -2.34. The molecule has 0 heterocycles. The van der Waals surface area contributed by atoms with E-state index in [9.17, 15) is 4.79 Å². The molecule has 2 aromatic rings. The van der Waals surface area contributed by atoms with Crippen LogP contribution < -0.4 is 0 Å². The summed E-state index contributed by atoms with van der Waals surface area (Å²) in [6.07, 6.45) is 10.3. The van der Waals surface area contributed by atoms with Gasteiger partial charge >= 0.3 is 0 Å². The fraction of sp³-hybridized carbons (Fsp3) is 0.458. The molecule has 0 spiro atoms. The number of benzene rings is 2. The lowest BCUT2D eigenvalue weighted by atomic mass is 9.65. The molecule has 25 heavy (non-hydrogen) atoms. The largest absolute Gasteiger partial charge is 0.298 e. The second kappa shape index (κ2) is 4.26. The fourth-order valence-electron chi connectivity index (χ4n) is 8.28. The summed E-state index contributed by atoms with van der Waals surface area (Å²) in [7, 11) is 0. The molecule has 2 aromatic carbocycles. The zero-order valence-electron chi connectivity index (χ0n) is 14.3. The van der Waals surface area contributed by atoms with Crippen LogP contribution in [-0.2, 0) is 6.42 Å². The SMILES string of the molecule is O=Cc1cc2ccccc2c2c1C1C(C2)C2CC1C1C3C=CC(C3)C21. The first kappa shape index (κ1) is 13.3. The maximum absolute atomic E-state index is 11.9. The Balaban J connectivity index is 1.45. The average Bonchev–Trinajstić information content (AvgIpc) is 3.42. The van der Waals surface area contributed by atoms with Crippen LogP contribution in [-0.4, -0.2) is 6.29 Å². The molecule has 0 N–H and O–H groups in total. The van der Waals surface area contributed by atoms with Gasteiger partial charge in [0.1, 0.15) is 6.29 Å². The van der Waals surface area contributed by atoms with E-state index in [1.54, 1.807) is 0 Å². The van der Waals surface area contributed by atoms with Gasteiger partial charge in [-0.2, -0.15) is 0 Å². The summed E-state index contributed by atoms with van der Waals surface area (Å²) < 4.78 is 0. The van der Waals surface area contributed by atoms with E-state index in [1.807, 2.05) is 0 Å². The van der Waals surface area contributed by atoms with Crippen LogP contribution in [0.2, 0.25) is 0 Å². The van der Waals surface area contributed by atoms with Gasteiger partial charge in [-0.05, 0) is 94.6 Å². The van der Waals surface area contributed by atoms with E-state index in [0.29, 0.717) is 5.92 Å². The van der Waals surface area contributed by atoms with Crippen LogP contribution in [0, 0.1) is 41.4 Å². The summed E-state index contributed by atoms with van der Waals surface area (Å²) in [5, 5.41) is 2.65. The van der Waals surface area contributed by atoms with Gasteiger partial charge in [0.05, 0.1) is 0 Å². The third-order valence-corrected chi connectivity index (χ3v) is 8.72. The Morgan fingerprint density at radius 1 is 0.920 bits per heavy atom. The number of hydrogen-bond acceptors (Lipinski definition) is 1. The van der Waals surface area contributed by atoms with Crippen molar-refractivity contribution in [2.45, 2.75) is 25.2 Å². The molecule has 7 rings (SSSR count). The smallest absolute Gasteiger partial charge is 0.150 e. The molecule has 1 nitrogen and oxygen atoms in total. The number of rotatable bonds is 1. The quantitative estimate of drug-likeness (QED) is 0.410. The maximum atomic E-state index is 11.9. The molecular formula is C24H22O. The highest BCUT2D eigenvalue weighted by molar-refractivity contribution is 5.94. The Labute approximate surface area is 148 Å². The van der Waals surface area contributed by atoms with Gasteiger partial charge in [-0.3, -0.25) is 4.79 Å². The van der Waals surface area contributed by atoms with Crippen LogP contribution >= 0.6 is 0 Å². The van der Waals surface area contributed by atoms with E-state index in [-0.39, 0.29) is 0 Å². The molecule has 3 fully saturated rings. The highest BCUT2D eigenvalue weighted by Gasteiger charge is 2.66. The number of carbonyl (C=O) groups is 1. The first-order chi connectivity index (χ1) is 12.3. The molecular weight excluding hydrogens is 304 g/mol. The van der Waals surface area contributed by atoms with Crippen LogP contribution in [0.4, 0.5) is 0 Å². The zero-order valence-corrected chi connectivity index (χ0v) is 14.3. The van der Waals surface area contributed by atoms with Crippen molar-refractivity contribution in [3.63, 3.8) is 0 Å². The van der Waals surface area contributed by atoms with Gasteiger partial charge in [-0.1, -0.05) is 36.4 Å². The van der Waals surface area contributed by atoms with Crippen molar-refractivity contribution in [1.29, 1.82) is 0 Å². The van der Waals surface area contributed by atoms with Crippen molar-refractivity contribution in [2.75, 3.05) is 0 Å². The maximum Gasteiger partial charge on any atom is 0.150 e. The van der Waals surface area contributed by atoms with Crippen molar-refractivity contribution in [1.82, 2.24) is 0 Å². The third kappa shape index (κ3) is 1.39. The molecule has 0 amide bonds. The van der Waals surface area contributed by atoms with Crippen LogP contribution in [0.25, 0.3) is 10.8 Å². The predicted molar refractivity (Wildman–Crippen MR) is 98.6 cm³/mol. The molecule has 124 valence electrons. The van der Waals surface area contributed by atoms with Crippen molar-refractivity contribution in [2.24, 2.45) is 41.4 Å². The highest BCUT2D eigenvalue weighted by atomic mass is 16.1. The van der Waals surface area contributed by atoms with Gasteiger partial charge in [0.15, 0.2) is 0 Å². The fourth-order valence-corrected chi connectivity index (χ4v) is 8.28.